The first-order chi connectivity index (χ1) is 19.0. The van der Waals surface area contributed by atoms with Crippen LogP contribution in [-0.2, 0) is 16.5 Å². The highest BCUT2D eigenvalue weighted by atomic mass is 19.1. The van der Waals surface area contributed by atoms with Gasteiger partial charge in [0.25, 0.3) is 0 Å². The van der Waals surface area contributed by atoms with Gasteiger partial charge in [0.15, 0.2) is 5.65 Å². The summed E-state index contributed by atoms with van der Waals surface area (Å²) in [5.41, 5.74) is 4.93. The lowest BCUT2D eigenvalue weighted by Gasteiger charge is -2.28. The summed E-state index contributed by atoms with van der Waals surface area (Å²) in [6.07, 6.45) is 3.89. The molecule has 0 amide bonds. The molecule has 0 bridgehead atoms. The van der Waals surface area contributed by atoms with Gasteiger partial charge in [-0.3, -0.25) is 14.1 Å². The third-order valence-corrected chi connectivity index (χ3v) is 8.15. The molecule has 3 aromatic heterocycles. The summed E-state index contributed by atoms with van der Waals surface area (Å²) in [7, 11) is 1.75. The summed E-state index contributed by atoms with van der Waals surface area (Å²) in [5, 5.41) is 9.70. The van der Waals surface area contributed by atoms with Crippen LogP contribution in [0.2, 0.25) is 0 Å². The number of rotatable bonds is 7. The quantitative estimate of drug-likeness (QED) is 0.351. The summed E-state index contributed by atoms with van der Waals surface area (Å²) in [6.45, 7) is 6.29. The highest BCUT2D eigenvalue weighted by molar-refractivity contribution is 6.02. The third-order valence-electron chi connectivity index (χ3n) is 8.15. The number of imidazole rings is 1. The minimum absolute atomic E-state index is 0.0731. The molecule has 206 valence electrons. The molecule has 4 aromatic rings. The molecule has 1 atom stereocenters. The SMILES string of the molecule is C[C@@H](OCCN1CCC(F)CC1)c1ccc(-c2ccc3nnc4c(c3c2)n(C2CCOCC2)c(=O)n4C)cn1. The smallest absolute Gasteiger partial charge is 0.330 e. The number of nitrogens with zero attached hydrogens (tertiary/aromatic N) is 6. The number of pyridine rings is 1. The Labute approximate surface area is 226 Å². The van der Waals surface area contributed by atoms with Crippen LogP contribution in [0.3, 0.4) is 0 Å². The minimum atomic E-state index is -0.657. The van der Waals surface area contributed by atoms with Gasteiger partial charge in [-0.25, -0.2) is 9.18 Å². The van der Waals surface area contributed by atoms with Crippen LogP contribution in [-0.4, -0.2) is 74.8 Å². The zero-order chi connectivity index (χ0) is 26.9. The third kappa shape index (κ3) is 5.20. The van der Waals surface area contributed by atoms with Crippen molar-refractivity contribution < 1.29 is 13.9 Å². The summed E-state index contributed by atoms with van der Waals surface area (Å²) >= 11 is 0. The fraction of sp³-hybridized carbons (Fsp3) is 0.517. The summed E-state index contributed by atoms with van der Waals surface area (Å²) in [5.74, 6) is 0. The Bertz CT molecular complexity index is 1500. The van der Waals surface area contributed by atoms with Gasteiger partial charge in [0, 0.05) is 63.1 Å². The zero-order valence-electron chi connectivity index (χ0n) is 22.6. The highest BCUT2D eigenvalue weighted by Gasteiger charge is 2.24. The number of likely N-dealkylation sites (tertiary alicyclic amines) is 1. The number of aromatic nitrogens is 5. The van der Waals surface area contributed by atoms with E-state index < -0.39 is 6.17 Å². The van der Waals surface area contributed by atoms with Crippen LogP contribution >= 0.6 is 0 Å². The van der Waals surface area contributed by atoms with E-state index in [1.54, 1.807) is 11.6 Å². The molecule has 2 aliphatic rings. The Balaban J connectivity index is 1.23. The van der Waals surface area contributed by atoms with Gasteiger partial charge in [-0.2, -0.15) is 0 Å². The first-order valence-corrected chi connectivity index (χ1v) is 13.9. The number of halogens is 1. The standard InChI is InChI=1S/C29H35FN6O3/c1-19(39-16-13-35-11-7-22(30)8-12-35)25-5-4-21(18-31-25)20-3-6-26-24(17-20)27-28(33-32-26)34(2)29(37)36(27)23-9-14-38-15-10-23/h3-6,17-19,22-23H,7-16H2,1-2H3/t19-/m1/s1. The van der Waals surface area contributed by atoms with E-state index in [2.05, 4.69) is 27.2 Å². The van der Waals surface area contributed by atoms with Crippen molar-refractivity contribution in [2.45, 2.75) is 50.9 Å². The molecular weight excluding hydrogens is 499 g/mol. The predicted octanol–water partition coefficient (Wildman–Crippen LogP) is 4.21. The second-order valence-electron chi connectivity index (χ2n) is 10.7. The van der Waals surface area contributed by atoms with E-state index in [1.807, 2.05) is 35.9 Å². The van der Waals surface area contributed by atoms with Crippen LogP contribution in [0.5, 0.6) is 0 Å². The van der Waals surface area contributed by atoms with Crippen molar-refractivity contribution in [1.29, 1.82) is 0 Å². The molecular formula is C29H35FN6O3. The molecule has 0 unspecified atom stereocenters. The van der Waals surface area contributed by atoms with Gasteiger partial charge < -0.3 is 14.4 Å². The summed E-state index contributed by atoms with van der Waals surface area (Å²) in [4.78, 5) is 20.2. The summed E-state index contributed by atoms with van der Waals surface area (Å²) < 4.78 is 28.4. The van der Waals surface area contributed by atoms with Gasteiger partial charge in [-0.05, 0) is 56.4 Å². The van der Waals surface area contributed by atoms with E-state index in [0.29, 0.717) is 38.3 Å². The van der Waals surface area contributed by atoms with Crippen molar-refractivity contribution in [1.82, 2.24) is 29.2 Å². The number of piperidine rings is 1. The number of aryl methyl sites for hydroxylation is 1. The maximum Gasteiger partial charge on any atom is 0.330 e. The first-order valence-electron chi connectivity index (χ1n) is 13.9. The molecule has 1 aromatic carbocycles. The van der Waals surface area contributed by atoms with Crippen LogP contribution in [0.4, 0.5) is 4.39 Å². The topological polar surface area (TPSA) is 87.3 Å². The molecule has 0 radical (unpaired) electrons. The molecule has 6 rings (SSSR count). The Hall–Kier alpha value is -3.21. The Morgan fingerprint density at radius 2 is 1.85 bits per heavy atom. The maximum absolute atomic E-state index is 13.4. The lowest BCUT2D eigenvalue weighted by molar-refractivity contribution is 0.0363. The molecule has 39 heavy (non-hydrogen) atoms. The van der Waals surface area contributed by atoms with Crippen molar-refractivity contribution in [2.75, 3.05) is 39.5 Å². The molecule has 2 aliphatic heterocycles. The van der Waals surface area contributed by atoms with Gasteiger partial charge in [0.2, 0.25) is 0 Å². The Morgan fingerprint density at radius 3 is 2.59 bits per heavy atom. The molecule has 0 spiro atoms. The predicted molar refractivity (Wildman–Crippen MR) is 148 cm³/mol. The lowest BCUT2D eigenvalue weighted by Crippen LogP contribution is -2.36. The fourth-order valence-corrected chi connectivity index (χ4v) is 5.74. The van der Waals surface area contributed by atoms with E-state index in [9.17, 15) is 9.18 Å². The van der Waals surface area contributed by atoms with Crippen molar-refractivity contribution in [3.8, 4) is 11.1 Å². The number of hydrogen-bond donors (Lipinski definition) is 0. The molecule has 2 saturated heterocycles. The first kappa shape index (κ1) is 26.0. The van der Waals surface area contributed by atoms with E-state index >= 15 is 0 Å². The van der Waals surface area contributed by atoms with E-state index in [4.69, 9.17) is 14.5 Å². The second kappa shape index (κ2) is 11.1. The molecule has 0 N–H and O–H groups in total. The number of hydrogen-bond acceptors (Lipinski definition) is 7. The van der Waals surface area contributed by atoms with Crippen molar-refractivity contribution in [3.05, 3.63) is 52.7 Å². The number of benzene rings is 1. The van der Waals surface area contributed by atoms with Crippen LogP contribution in [0, 0.1) is 0 Å². The molecule has 0 saturated carbocycles. The van der Waals surface area contributed by atoms with E-state index in [1.165, 1.54) is 0 Å². The Morgan fingerprint density at radius 1 is 1.08 bits per heavy atom. The molecule has 0 aliphatic carbocycles. The second-order valence-corrected chi connectivity index (χ2v) is 10.7. The largest absolute Gasteiger partial charge is 0.381 e. The molecule has 9 nitrogen and oxygen atoms in total. The van der Waals surface area contributed by atoms with E-state index in [-0.39, 0.29) is 17.8 Å². The van der Waals surface area contributed by atoms with Crippen LogP contribution in [0.1, 0.15) is 50.4 Å². The monoisotopic (exact) mass is 534 g/mol. The van der Waals surface area contributed by atoms with Crippen molar-refractivity contribution in [3.63, 3.8) is 0 Å². The highest BCUT2D eigenvalue weighted by Crippen LogP contribution is 2.31. The van der Waals surface area contributed by atoms with E-state index in [0.717, 1.165) is 65.7 Å². The number of alkyl halides is 1. The molecule has 2 fully saturated rings. The average Bonchev–Trinajstić information content (AvgIpc) is 3.24. The molecule has 5 heterocycles. The Kier molecular flexibility index (Phi) is 7.42. The van der Waals surface area contributed by atoms with Crippen LogP contribution < -0.4 is 5.69 Å². The van der Waals surface area contributed by atoms with Crippen LogP contribution in [0.15, 0.2) is 41.3 Å². The molecule has 10 heteroatoms. The number of fused-ring (bicyclic) bond motifs is 3. The zero-order valence-corrected chi connectivity index (χ0v) is 22.6. The van der Waals surface area contributed by atoms with Gasteiger partial charge in [0.1, 0.15) is 11.7 Å². The fourth-order valence-electron chi connectivity index (χ4n) is 5.74. The maximum atomic E-state index is 13.4. The normalized spacial score (nSPS) is 18.7. The van der Waals surface area contributed by atoms with Gasteiger partial charge in [-0.15, -0.1) is 10.2 Å². The van der Waals surface area contributed by atoms with Gasteiger partial charge in [-0.1, -0.05) is 12.1 Å². The van der Waals surface area contributed by atoms with Crippen molar-refractivity contribution in [2.24, 2.45) is 7.05 Å². The van der Waals surface area contributed by atoms with Crippen LogP contribution in [0.25, 0.3) is 33.2 Å². The lowest BCUT2D eigenvalue weighted by atomic mass is 10.0. The van der Waals surface area contributed by atoms with Crippen molar-refractivity contribution >= 4 is 22.1 Å². The summed E-state index contributed by atoms with van der Waals surface area (Å²) in [6, 6.07) is 10.2. The number of ether oxygens (including phenoxy) is 2. The minimum Gasteiger partial charge on any atom is -0.381 e. The van der Waals surface area contributed by atoms with Gasteiger partial charge >= 0.3 is 5.69 Å². The van der Waals surface area contributed by atoms with Gasteiger partial charge in [0.05, 0.1) is 23.9 Å². The average molecular weight is 535 g/mol.